The van der Waals surface area contributed by atoms with Crippen molar-refractivity contribution < 1.29 is 9.59 Å². The summed E-state index contributed by atoms with van der Waals surface area (Å²) in [5, 5.41) is 15.4. The number of tetrazole rings is 1. The van der Waals surface area contributed by atoms with Crippen molar-refractivity contribution >= 4 is 29.3 Å². The summed E-state index contributed by atoms with van der Waals surface area (Å²) in [5.74, 6) is 2.70. The molecular formula is C23H26N6O2S. The van der Waals surface area contributed by atoms with E-state index in [-0.39, 0.29) is 11.8 Å². The maximum atomic E-state index is 12.4. The number of thioether (sulfide) groups is 1. The lowest BCUT2D eigenvalue weighted by molar-refractivity contribution is -0.130. The van der Waals surface area contributed by atoms with Crippen LogP contribution >= 0.6 is 11.8 Å². The Morgan fingerprint density at radius 3 is 2.50 bits per heavy atom. The lowest BCUT2D eigenvalue weighted by atomic mass is 10.1. The highest BCUT2D eigenvalue weighted by Crippen LogP contribution is 2.15. The minimum Gasteiger partial charge on any atom is -0.341 e. The van der Waals surface area contributed by atoms with Crippen molar-refractivity contribution in [3.8, 4) is 11.4 Å². The van der Waals surface area contributed by atoms with E-state index in [9.17, 15) is 9.59 Å². The van der Waals surface area contributed by atoms with Gasteiger partial charge in [-0.3, -0.25) is 9.59 Å². The number of aromatic nitrogens is 4. The molecule has 2 amide bonds. The monoisotopic (exact) mass is 450 g/mol. The molecule has 0 unspecified atom stereocenters. The van der Waals surface area contributed by atoms with E-state index in [1.807, 2.05) is 71.3 Å². The summed E-state index contributed by atoms with van der Waals surface area (Å²) in [4.78, 5) is 28.1. The molecule has 8 nitrogen and oxygen atoms in total. The van der Waals surface area contributed by atoms with Crippen molar-refractivity contribution in [2.45, 2.75) is 25.8 Å². The van der Waals surface area contributed by atoms with Gasteiger partial charge in [-0.1, -0.05) is 42.5 Å². The summed E-state index contributed by atoms with van der Waals surface area (Å²) in [6.07, 6.45) is 1.36. The highest BCUT2D eigenvalue weighted by atomic mass is 32.2. The van der Waals surface area contributed by atoms with Crippen LogP contribution in [-0.2, 0) is 22.6 Å². The van der Waals surface area contributed by atoms with Crippen LogP contribution in [0, 0.1) is 0 Å². The maximum absolute atomic E-state index is 12.4. The Kier molecular flexibility index (Phi) is 7.50. The van der Waals surface area contributed by atoms with E-state index in [0.29, 0.717) is 31.6 Å². The van der Waals surface area contributed by atoms with Crippen molar-refractivity contribution in [2.75, 3.05) is 29.9 Å². The van der Waals surface area contributed by atoms with Crippen LogP contribution in [0.1, 0.15) is 18.4 Å². The van der Waals surface area contributed by atoms with E-state index in [0.717, 1.165) is 41.4 Å². The molecule has 0 atom stereocenters. The lowest BCUT2D eigenvalue weighted by Gasteiger charge is -2.26. The fraction of sp³-hybridized carbons (Fsp3) is 0.348. The van der Waals surface area contributed by atoms with Crippen molar-refractivity contribution in [3.05, 3.63) is 60.2 Å². The molecule has 1 saturated heterocycles. The quantitative estimate of drug-likeness (QED) is 0.567. The van der Waals surface area contributed by atoms with Gasteiger partial charge in [-0.25, -0.2) is 0 Å². The molecule has 166 valence electrons. The van der Waals surface area contributed by atoms with E-state index in [4.69, 9.17) is 0 Å². The normalized spacial score (nSPS) is 13.7. The fourth-order valence-electron chi connectivity index (χ4n) is 3.45. The Morgan fingerprint density at radius 2 is 1.75 bits per heavy atom. The first-order chi connectivity index (χ1) is 15.7. The van der Waals surface area contributed by atoms with Crippen LogP contribution in [0.25, 0.3) is 11.4 Å². The largest absolute Gasteiger partial charge is 0.341 e. The predicted molar refractivity (Wildman–Crippen MR) is 125 cm³/mol. The Hall–Kier alpha value is -3.20. The molecule has 1 aliphatic heterocycles. The topological polar surface area (TPSA) is 93.0 Å². The van der Waals surface area contributed by atoms with Crippen LogP contribution in [0.5, 0.6) is 0 Å². The number of rotatable bonds is 8. The smallest absolute Gasteiger partial charge is 0.227 e. The Balaban J connectivity index is 1.20. The summed E-state index contributed by atoms with van der Waals surface area (Å²) in [6, 6.07) is 17.2. The standard InChI is InChI=1S/C23H26N6O2S/c30-21(7-4-12-29-26-23(25-27-29)19-5-2-1-3-6-19)24-20-10-8-18(9-11-20)17-22(31)28-13-15-32-16-14-28/h1-3,5-6,8-11H,4,7,12-17H2,(H,24,30). The Labute approximate surface area is 191 Å². The molecular weight excluding hydrogens is 424 g/mol. The number of anilines is 1. The second-order valence-electron chi connectivity index (χ2n) is 7.59. The molecule has 9 heteroatoms. The molecule has 0 spiro atoms. The second-order valence-corrected chi connectivity index (χ2v) is 8.82. The van der Waals surface area contributed by atoms with E-state index in [1.54, 1.807) is 0 Å². The molecule has 0 bridgehead atoms. The van der Waals surface area contributed by atoms with E-state index in [1.165, 1.54) is 4.80 Å². The molecule has 2 heterocycles. The van der Waals surface area contributed by atoms with Crippen molar-refractivity contribution in [1.82, 2.24) is 25.1 Å². The molecule has 2 aromatic carbocycles. The average molecular weight is 451 g/mol. The van der Waals surface area contributed by atoms with E-state index >= 15 is 0 Å². The third-order valence-electron chi connectivity index (χ3n) is 5.20. The van der Waals surface area contributed by atoms with Crippen LogP contribution in [0.15, 0.2) is 54.6 Å². The first kappa shape index (κ1) is 22.0. The molecule has 1 fully saturated rings. The van der Waals surface area contributed by atoms with Crippen LogP contribution in [0.2, 0.25) is 0 Å². The summed E-state index contributed by atoms with van der Waals surface area (Å²) < 4.78 is 0. The molecule has 1 N–H and O–H groups in total. The SMILES string of the molecule is O=C(CCCn1nnc(-c2ccccc2)n1)Nc1ccc(CC(=O)N2CCSCC2)cc1. The van der Waals surface area contributed by atoms with E-state index < -0.39 is 0 Å². The zero-order valence-electron chi connectivity index (χ0n) is 17.8. The fourth-order valence-corrected chi connectivity index (χ4v) is 4.35. The number of carbonyl (C=O) groups is 2. The Bertz CT molecular complexity index is 1030. The highest BCUT2D eigenvalue weighted by Gasteiger charge is 2.16. The van der Waals surface area contributed by atoms with Gasteiger partial charge in [-0.05, 0) is 29.3 Å². The molecule has 1 aromatic heterocycles. The molecule has 3 aromatic rings. The first-order valence-corrected chi connectivity index (χ1v) is 11.9. The third-order valence-corrected chi connectivity index (χ3v) is 6.15. The number of hydrogen-bond acceptors (Lipinski definition) is 6. The van der Waals surface area contributed by atoms with Crippen molar-refractivity contribution in [1.29, 1.82) is 0 Å². The van der Waals surface area contributed by atoms with Gasteiger partial charge in [0, 0.05) is 42.3 Å². The third kappa shape index (κ3) is 6.16. The van der Waals surface area contributed by atoms with Crippen LogP contribution in [-0.4, -0.2) is 61.5 Å². The van der Waals surface area contributed by atoms with Gasteiger partial charge in [0.05, 0.1) is 13.0 Å². The van der Waals surface area contributed by atoms with Gasteiger partial charge < -0.3 is 10.2 Å². The zero-order chi connectivity index (χ0) is 22.2. The highest BCUT2D eigenvalue weighted by molar-refractivity contribution is 7.99. The van der Waals surface area contributed by atoms with Crippen molar-refractivity contribution in [2.24, 2.45) is 0 Å². The summed E-state index contributed by atoms with van der Waals surface area (Å²) in [5.41, 5.74) is 2.60. The number of nitrogens with one attached hydrogen (secondary N) is 1. The van der Waals surface area contributed by atoms with Gasteiger partial charge in [-0.15, -0.1) is 10.2 Å². The van der Waals surface area contributed by atoms with Crippen molar-refractivity contribution in [3.63, 3.8) is 0 Å². The number of hydrogen-bond donors (Lipinski definition) is 1. The minimum absolute atomic E-state index is 0.0666. The molecule has 0 saturated carbocycles. The molecule has 1 aliphatic rings. The van der Waals surface area contributed by atoms with Gasteiger partial charge in [0.1, 0.15) is 0 Å². The molecule has 0 radical (unpaired) electrons. The van der Waals surface area contributed by atoms with Crippen LogP contribution in [0.3, 0.4) is 0 Å². The predicted octanol–water partition coefficient (Wildman–Crippen LogP) is 2.88. The summed E-state index contributed by atoms with van der Waals surface area (Å²) in [7, 11) is 0. The molecule has 32 heavy (non-hydrogen) atoms. The number of benzene rings is 2. The Morgan fingerprint density at radius 1 is 1.00 bits per heavy atom. The molecule has 4 rings (SSSR count). The van der Waals surface area contributed by atoms with Gasteiger partial charge in [0.25, 0.3) is 0 Å². The maximum Gasteiger partial charge on any atom is 0.227 e. The number of amides is 2. The van der Waals surface area contributed by atoms with Gasteiger partial charge in [-0.2, -0.15) is 16.6 Å². The van der Waals surface area contributed by atoms with Gasteiger partial charge in [0.2, 0.25) is 17.6 Å². The second kappa shape index (κ2) is 10.9. The molecule has 0 aliphatic carbocycles. The first-order valence-electron chi connectivity index (χ1n) is 10.7. The number of aryl methyl sites for hydroxylation is 1. The summed E-state index contributed by atoms with van der Waals surface area (Å²) in [6.45, 7) is 2.17. The minimum atomic E-state index is -0.0666. The van der Waals surface area contributed by atoms with E-state index in [2.05, 4.69) is 20.7 Å². The van der Waals surface area contributed by atoms with Gasteiger partial charge in [0.15, 0.2) is 0 Å². The number of nitrogens with zero attached hydrogens (tertiary/aromatic N) is 5. The average Bonchev–Trinajstić information content (AvgIpc) is 3.30. The number of carbonyl (C=O) groups excluding carboxylic acids is 2. The van der Waals surface area contributed by atoms with Crippen LogP contribution in [0.4, 0.5) is 5.69 Å². The zero-order valence-corrected chi connectivity index (χ0v) is 18.6. The summed E-state index contributed by atoms with van der Waals surface area (Å²) >= 11 is 1.89. The van der Waals surface area contributed by atoms with Crippen LogP contribution < -0.4 is 5.32 Å². The van der Waals surface area contributed by atoms with Gasteiger partial charge >= 0.3 is 0 Å². The lowest BCUT2D eigenvalue weighted by Crippen LogP contribution is -2.38.